The minimum atomic E-state index is 0.0305. The van der Waals surface area contributed by atoms with Gasteiger partial charge in [0.1, 0.15) is 0 Å². The molecule has 0 radical (unpaired) electrons. The van der Waals surface area contributed by atoms with Crippen LogP contribution >= 0.6 is 0 Å². The van der Waals surface area contributed by atoms with Crippen LogP contribution in [0, 0.1) is 0 Å². The number of aromatic nitrogens is 5. The van der Waals surface area contributed by atoms with Crippen molar-refractivity contribution in [3.63, 3.8) is 0 Å². The molecule has 0 amide bonds. The molecule has 0 spiro atoms. The van der Waals surface area contributed by atoms with Crippen LogP contribution in [-0.2, 0) is 5.41 Å². The Kier molecular flexibility index (Phi) is 5.24. The molecule has 2 aromatic heterocycles. The van der Waals surface area contributed by atoms with Gasteiger partial charge in [0.25, 0.3) is 0 Å². The average molecular weight is 390 g/mol. The largest absolute Gasteiger partial charge is 0.339 e. The van der Waals surface area contributed by atoms with Gasteiger partial charge in [-0.15, -0.1) is 5.10 Å². The molecule has 1 N–H and O–H groups in total. The molecule has 4 rings (SSSR count). The summed E-state index contributed by atoms with van der Waals surface area (Å²) in [5.41, 5.74) is 2.30. The highest BCUT2D eigenvalue weighted by Crippen LogP contribution is 2.31. The maximum Gasteiger partial charge on any atom is 0.247 e. The van der Waals surface area contributed by atoms with Gasteiger partial charge in [-0.1, -0.05) is 39.0 Å². The molecular formula is C21H26N8. The lowest BCUT2D eigenvalue weighted by Gasteiger charge is -2.34. The van der Waals surface area contributed by atoms with Gasteiger partial charge in [-0.2, -0.15) is 10.1 Å². The molecule has 1 aromatic carbocycles. The van der Waals surface area contributed by atoms with Crippen LogP contribution in [0.3, 0.4) is 0 Å². The van der Waals surface area contributed by atoms with E-state index >= 15 is 0 Å². The average Bonchev–Trinajstić information content (AvgIpc) is 2.74. The summed E-state index contributed by atoms with van der Waals surface area (Å²) in [6.45, 7) is 9.83. The van der Waals surface area contributed by atoms with Crippen LogP contribution in [0.15, 0.2) is 48.9 Å². The van der Waals surface area contributed by atoms with Crippen molar-refractivity contribution in [2.45, 2.75) is 26.2 Å². The van der Waals surface area contributed by atoms with Crippen molar-refractivity contribution in [2.24, 2.45) is 0 Å². The van der Waals surface area contributed by atoms with Crippen LogP contribution in [0.4, 0.5) is 23.4 Å². The molecule has 3 heterocycles. The van der Waals surface area contributed by atoms with Crippen molar-refractivity contribution in [1.82, 2.24) is 25.1 Å². The summed E-state index contributed by atoms with van der Waals surface area (Å²) in [6.07, 6.45) is 5.20. The summed E-state index contributed by atoms with van der Waals surface area (Å²) in [5.74, 6) is 2.10. The molecule has 1 aliphatic heterocycles. The van der Waals surface area contributed by atoms with Crippen LogP contribution in [0.5, 0.6) is 0 Å². The second kappa shape index (κ2) is 7.98. The molecule has 0 bridgehead atoms. The zero-order valence-electron chi connectivity index (χ0n) is 17.1. The number of hydrogen-bond acceptors (Lipinski definition) is 8. The summed E-state index contributed by atoms with van der Waals surface area (Å²) in [4.78, 5) is 17.7. The first-order chi connectivity index (χ1) is 14.0. The third-order valence-electron chi connectivity index (χ3n) is 4.94. The lowest BCUT2D eigenvalue weighted by molar-refractivity contribution is 0.592. The fraction of sp³-hybridized carbons (Fsp3) is 0.381. The molecule has 0 saturated carbocycles. The third-order valence-corrected chi connectivity index (χ3v) is 4.94. The highest BCUT2D eigenvalue weighted by atomic mass is 15.4. The van der Waals surface area contributed by atoms with Gasteiger partial charge in [-0.25, -0.2) is 9.97 Å². The molecule has 29 heavy (non-hydrogen) atoms. The maximum absolute atomic E-state index is 4.70. The van der Waals surface area contributed by atoms with Gasteiger partial charge in [-0.3, -0.25) is 0 Å². The van der Waals surface area contributed by atoms with Gasteiger partial charge in [0.05, 0.1) is 6.20 Å². The Bertz CT molecular complexity index is 946. The minimum absolute atomic E-state index is 0.0305. The van der Waals surface area contributed by atoms with Gasteiger partial charge in [-0.05, 0) is 23.1 Å². The Hall–Kier alpha value is -3.29. The van der Waals surface area contributed by atoms with Crippen LogP contribution in [0.2, 0.25) is 0 Å². The Morgan fingerprint density at radius 3 is 2.21 bits per heavy atom. The van der Waals surface area contributed by atoms with E-state index in [1.54, 1.807) is 18.6 Å². The Balaban J connectivity index is 1.47. The van der Waals surface area contributed by atoms with E-state index in [-0.39, 0.29) is 5.41 Å². The van der Waals surface area contributed by atoms with E-state index in [0.29, 0.717) is 11.8 Å². The quantitative estimate of drug-likeness (QED) is 0.728. The first kappa shape index (κ1) is 19.0. The normalized spacial score (nSPS) is 14.7. The molecule has 1 saturated heterocycles. The van der Waals surface area contributed by atoms with E-state index in [2.05, 4.69) is 74.3 Å². The topological polar surface area (TPSA) is 83.0 Å². The number of piperazine rings is 1. The van der Waals surface area contributed by atoms with Crippen molar-refractivity contribution >= 4 is 23.4 Å². The van der Waals surface area contributed by atoms with Gasteiger partial charge in [0.15, 0.2) is 5.82 Å². The van der Waals surface area contributed by atoms with Crippen molar-refractivity contribution < 1.29 is 0 Å². The summed E-state index contributed by atoms with van der Waals surface area (Å²) in [5, 5.41) is 11.8. The summed E-state index contributed by atoms with van der Waals surface area (Å²) in [7, 11) is 0. The van der Waals surface area contributed by atoms with Crippen molar-refractivity contribution in [1.29, 1.82) is 0 Å². The molecule has 0 unspecified atom stereocenters. The lowest BCUT2D eigenvalue weighted by Crippen LogP contribution is -2.47. The fourth-order valence-corrected chi connectivity index (χ4v) is 3.43. The summed E-state index contributed by atoms with van der Waals surface area (Å²) >= 11 is 0. The molecule has 0 aliphatic carbocycles. The number of anilines is 4. The van der Waals surface area contributed by atoms with Gasteiger partial charge in [0, 0.05) is 44.3 Å². The standard InChI is InChI=1S/C21H26N8/c1-21(2,3)16-7-4-5-8-17(16)25-18-15-24-27-20(26-18)29-13-11-28(12-14-29)19-22-9-6-10-23-19/h4-10,15H,11-14H2,1-3H3,(H,25,26,27). The molecule has 150 valence electrons. The number of hydrogen-bond donors (Lipinski definition) is 1. The zero-order chi connectivity index (χ0) is 20.3. The molecule has 8 heteroatoms. The Morgan fingerprint density at radius 2 is 1.52 bits per heavy atom. The van der Waals surface area contributed by atoms with Crippen molar-refractivity contribution in [3.05, 3.63) is 54.5 Å². The van der Waals surface area contributed by atoms with Crippen molar-refractivity contribution in [2.75, 3.05) is 41.3 Å². The smallest absolute Gasteiger partial charge is 0.247 e. The molecule has 1 fully saturated rings. The zero-order valence-corrected chi connectivity index (χ0v) is 17.1. The van der Waals surface area contributed by atoms with Crippen LogP contribution in [0.25, 0.3) is 0 Å². The van der Waals surface area contributed by atoms with E-state index in [9.17, 15) is 0 Å². The monoisotopic (exact) mass is 390 g/mol. The van der Waals surface area contributed by atoms with E-state index in [1.807, 2.05) is 12.1 Å². The minimum Gasteiger partial charge on any atom is -0.339 e. The Morgan fingerprint density at radius 1 is 0.862 bits per heavy atom. The number of nitrogens with zero attached hydrogens (tertiary/aromatic N) is 7. The maximum atomic E-state index is 4.70. The fourth-order valence-electron chi connectivity index (χ4n) is 3.43. The SMILES string of the molecule is CC(C)(C)c1ccccc1Nc1cnnc(N2CCN(c3ncccn3)CC2)n1. The first-order valence-corrected chi connectivity index (χ1v) is 9.84. The first-order valence-electron chi connectivity index (χ1n) is 9.84. The highest BCUT2D eigenvalue weighted by Gasteiger charge is 2.22. The number of para-hydroxylation sites is 1. The van der Waals surface area contributed by atoms with Crippen LogP contribution in [-0.4, -0.2) is 51.3 Å². The van der Waals surface area contributed by atoms with Crippen LogP contribution < -0.4 is 15.1 Å². The predicted molar refractivity (Wildman–Crippen MR) is 115 cm³/mol. The second-order valence-electron chi connectivity index (χ2n) is 8.09. The predicted octanol–water partition coefficient (Wildman–Crippen LogP) is 3.03. The third kappa shape index (κ3) is 4.42. The molecule has 0 atom stereocenters. The van der Waals surface area contributed by atoms with Crippen molar-refractivity contribution in [3.8, 4) is 0 Å². The lowest BCUT2D eigenvalue weighted by atomic mass is 9.86. The van der Waals surface area contributed by atoms with Gasteiger partial charge < -0.3 is 15.1 Å². The van der Waals surface area contributed by atoms with Crippen LogP contribution in [0.1, 0.15) is 26.3 Å². The van der Waals surface area contributed by atoms with E-state index in [0.717, 1.165) is 37.8 Å². The van der Waals surface area contributed by atoms with Gasteiger partial charge in [0.2, 0.25) is 11.9 Å². The highest BCUT2D eigenvalue weighted by molar-refractivity contribution is 5.62. The van der Waals surface area contributed by atoms with Gasteiger partial charge >= 0.3 is 0 Å². The second-order valence-corrected chi connectivity index (χ2v) is 8.09. The number of nitrogens with one attached hydrogen (secondary N) is 1. The number of benzene rings is 1. The molecule has 3 aromatic rings. The molecule has 1 aliphatic rings. The Labute approximate surface area is 171 Å². The molecular weight excluding hydrogens is 364 g/mol. The number of rotatable bonds is 4. The summed E-state index contributed by atoms with van der Waals surface area (Å²) < 4.78 is 0. The molecule has 8 nitrogen and oxygen atoms in total. The van der Waals surface area contributed by atoms with E-state index in [4.69, 9.17) is 4.98 Å². The van der Waals surface area contributed by atoms with E-state index in [1.165, 1.54) is 5.56 Å². The van der Waals surface area contributed by atoms with E-state index < -0.39 is 0 Å². The summed E-state index contributed by atoms with van der Waals surface area (Å²) in [6, 6.07) is 10.1.